The zero-order valence-electron chi connectivity index (χ0n) is 7.28. The predicted octanol–water partition coefficient (Wildman–Crippen LogP) is 1.63. The van der Waals surface area contributed by atoms with Crippen LogP contribution in [0.5, 0.6) is 5.75 Å². The van der Waals surface area contributed by atoms with Crippen molar-refractivity contribution in [2.24, 2.45) is 4.99 Å². The molecule has 1 aliphatic carbocycles. The van der Waals surface area contributed by atoms with Gasteiger partial charge in [-0.05, 0) is 11.6 Å². The molecule has 0 radical (unpaired) electrons. The molecule has 0 amide bonds. The molecule has 1 aliphatic rings. The van der Waals surface area contributed by atoms with Gasteiger partial charge in [-0.1, -0.05) is 12.1 Å². The van der Waals surface area contributed by atoms with E-state index >= 15 is 0 Å². The highest BCUT2D eigenvalue weighted by molar-refractivity contribution is 5.51. The van der Waals surface area contributed by atoms with Crippen molar-refractivity contribution in [2.75, 3.05) is 7.11 Å². The number of rotatable bonds is 2. The number of benzene rings is 1. The number of fused-ring (bicyclic) bond motifs is 1. The van der Waals surface area contributed by atoms with Gasteiger partial charge in [0, 0.05) is 12.0 Å². The molecule has 1 aromatic rings. The van der Waals surface area contributed by atoms with Gasteiger partial charge in [0.25, 0.3) is 0 Å². The third-order valence-electron chi connectivity index (χ3n) is 2.35. The highest BCUT2D eigenvalue weighted by Gasteiger charge is 2.28. The van der Waals surface area contributed by atoms with E-state index in [1.165, 1.54) is 0 Å². The molecule has 0 fully saturated rings. The standard InChI is InChI=1S/C10H9NO2/c1-13-10-4-2-3-7-8(10)5-9(7)11-6-12/h2-4,9H,5H2,1H3. The fourth-order valence-corrected chi connectivity index (χ4v) is 1.66. The third kappa shape index (κ3) is 1.14. The fourth-order valence-electron chi connectivity index (χ4n) is 1.66. The topological polar surface area (TPSA) is 38.7 Å². The number of ether oxygens (including phenoxy) is 1. The number of hydrogen-bond donors (Lipinski definition) is 0. The molecule has 1 atom stereocenters. The van der Waals surface area contributed by atoms with Gasteiger partial charge in [0.05, 0.1) is 13.2 Å². The van der Waals surface area contributed by atoms with Crippen LogP contribution in [0.4, 0.5) is 0 Å². The van der Waals surface area contributed by atoms with Gasteiger partial charge in [-0.2, -0.15) is 4.99 Å². The number of hydrogen-bond acceptors (Lipinski definition) is 3. The Morgan fingerprint density at radius 3 is 3.15 bits per heavy atom. The maximum absolute atomic E-state index is 10.0. The monoisotopic (exact) mass is 175 g/mol. The molecule has 1 unspecified atom stereocenters. The van der Waals surface area contributed by atoms with Crippen molar-refractivity contribution in [3.8, 4) is 5.75 Å². The summed E-state index contributed by atoms with van der Waals surface area (Å²) in [7, 11) is 1.64. The summed E-state index contributed by atoms with van der Waals surface area (Å²) in [5.41, 5.74) is 2.25. The summed E-state index contributed by atoms with van der Waals surface area (Å²) in [4.78, 5) is 13.7. The molecule has 3 nitrogen and oxygen atoms in total. The zero-order chi connectivity index (χ0) is 9.26. The molecule has 0 heterocycles. The Balaban J connectivity index is 2.38. The quantitative estimate of drug-likeness (QED) is 0.506. The lowest BCUT2D eigenvalue weighted by molar-refractivity contribution is 0.400. The molecule has 0 aromatic heterocycles. The summed E-state index contributed by atoms with van der Waals surface area (Å²) in [5.74, 6) is 0.884. The molecule has 13 heavy (non-hydrogen) atoms. The van der Waals surface area contributed by atoms with E-state index in [9.17, 15) is 4.79 Å². The first-order valence-electron chi connectivity index (χ1n) is 4.09. The van der Waals surface area contributed by atoms with Gasteiger partial charge in [-0.15, -0.1) is 0 Å². The van der Waals surface area contributed by atoms with E-state index in [4.69, 9.17) is 4.74 Å². The van der Waals surface area contributed by atoms with Gasteiger partial charge in [0.15, 0.2) is 0 Å². The minimum absolute atomic E-state index is 0.00241. The van der Waals surface area contributed by atoms with Gasteiger partial charge in [0.2, 0.25) is 6.08 Å². The second-order valence-electron chi connectivity index (χ2n) is 2.97. The van der Waals surface area contributed by atoms with Gasteiger partial charge >= 0.3 is 0 Å². The molecule has 0 bridgehead atoms. The molecular formula is C10H9NO2. The molecule has 66 valence electrons. The van der Waals surface area contributed by atoms with Crippen molar-refractivity contribution in [1.82, 2.24) is 0 Å². The highest BCUT2D eigenvalue weighted by atomic mass is 16.5. The van der Waals surface area contributed by atoms with E-state index < -0.39 is 0 Å². The Bertz CT molecular complexity index is 381. The Hall–Kier alpha value is -1.60. The molecule has 0 N–H and O–H groups in total. The number of carbonyl (C=O) groups excluding carboxylic acids is 1. The summed E-state index contributed by atoms with van der Waals surface area (Å²) in [5, 5.41) is 0. The van der Waals surface area contributed by atoms with E-state index in [1.54, 1.807) is 13.2 Å². The van der Waals surface area contributed by atoms with Crippen LogP contribution in [0.2, 0.25) is 0 Å². The van der Waals surface area contributed by atoms with E-state index in [-0.39, 0.29) is 6.04 Å². The van der Waals surface area contributed by atoms with Crippen LogP contribution in [0.3, 0.4) is 0 Å². The van der Waals surface area contributed by atoms with Crippen molar-refractivity contribution in [3.05, 3.63) is 29.3 Å². The summed E-state index contributed by atoms with van der Waals surface area (Å²) < 4.78 is 5.16. The third-order valence-corrected chi connectivity index (χ3v) is 2.35. The fraction of sp³-hybridized carbons (Fsp3) is 0.300. The smallest absolute Gasteiger partial charge is 0.235 e. The predicted molar refractivity (Wildman–Crippen MR) is 47.6 cm³/mol. The second-order valence-corrected chi connectivity index (χ2v) is 2.97. The van der Waals surface area contributed by atoms with Crippen LogP contribution in [0, 0.1) is 0 Å². The lowest BCUT2D eigenvalue weighted by Crippen LogP contribution is -2.16. The first kappa shape index (κ1) is 8.02. The van der Waals surface area contributed by atoms with E-state index in [0.717, 1.165) is 23.3 Å². The van der Waals surface area contributed by atoms with Crippen LogP contribution in [-0.2, 0) is 11.2 Å². The van der Waals surface area contributed by atoms with E-state index in [1.807, 2.05) is 18.2 Å². The number of isocyanates is 1. The van der Waals surface area contributed by atoms with Gasteiger partial charge in [-0.25, -0.2) is 4.79 Å². The molecule has 3 heteroatoms. The van der Waals surface area contributed by atoms with Gasteiger partial charge in [0.1, 0.15) is 5.75 Å². The summed E-state index contributed by atoms with van der Waals surface area (Å²) >= 11 is 0. The van der Waals surface area contributed by atoms with Crippen molar-refractivity contribution >= 4 is 6.08 Å². The molecule has 0 saturated heterocycles. The minimum atomic E-state index is 0.00241. The maximum atomic E-state index is 10.0. The van der Waals surface area contributed by atoms with E-state index in [0.29, 0.717) is 0 Å². The number of aliphatic imine (C=N–C) groups is 1. The normalized spacial score (nSPS) is 18.1. The van der Waals surface area contributed by atoms with Crippen molar-refractivity contribution in [3.63, 3.8) is 0 Å². The first-order valence-corrected chi connectivity index (χ1v) is 4.09. The van der Waals surface area contributed by atoms with Gasteiger partial charge in [-0.3, -0.25) is 0 Å². The molecule has 0 saturated carbocycles. The first-order chi connectivity index (χ1) is 6.36. The Labute approximate surface area is 76.1 Å². The minimum Gasteiger partial charge on any atom is -0.496 e. The lowest BCUT2D eigenvalue weighted by Gasteiger charge is -2.27. The van der Waals surface area contributed by atoms with Gasteiger partial charge < -0.3 is 4.74 Å². The number of methoxy groups -OCH3 is 1. The van der Waals surface area contributed by atoms with E-state index in [2.05, 4.69) is 4.99 Å². The Morgan fingerprint density at radius 2 is 2.46 bits per heavy atom. The van der Waals surface area contributed by atoms with Crippen molar-refractivity contribution < 1.29 is 9.53 Å². The van der Waals surface area contributed by atoms with Crippen LogP contribution in [0.1, 0.15) is 17.2 Å². The summed E-state index contributed by atoms with van der Waals surface area (Å²) in [6, 6.07) is 5.79. The highest BCUT2D eigenvalue weighted by Crippen LogP contribution is 2.41. The lowest BCUT2D eigenvalue weighted by atomic mass is 9.83. The molecule has 0 spiro atoms. The molecule has 1 aromatic carbocycles. The Morgan fingerprint density at radius 1 is 1.62 bits per heavy atom. The van der Waals surface area contributed by atoms with Crippen LogP contribution in [0.25, 0.3) is 0 Å². The summed E-state index contributed by atoms with van der Waals surface area (Å²) in [6.07, 6.45) is 2.37. The molecule has 0 aliphatic heterocycles. The SMILES string of the molecule is COc1cccc2c1CC2N=C=O. The largest absolute Gasteiger partial charge is 0.496 e. The average Bonchev–Trinajstić information content (AvgIpc) is 2.14. The maximum Gasteiger partial charge on any atom is 0.235 e. The number of nitrogens with zero attached hydrogens (tertiary/aromatic N) is 1. The van der Waals surface area contributed by atoms with Crippen LogP contribution < -0.4 is 4.74 Å². The Kier molecular flexibility index (Phi) is 1.87. The van der Waals surface area contributed by atoms with Crippen LogP contribution >= 0.6 is 0 Å². The molecular weight excluding hydrogens is 166 g/mol. The van der Waals surface area contributed by atoms with Crippen LogP contribution in [-0.4, -0.2) is 13.2 Å². The zero-order valence-corrected chi connectivity index (χ0v) is 7.28. The summed E-state index contributed by atoms with van der Waals surface area (Å²) in [6.45, 7) is 0. The molecule has 2 rings (SSSR count). The van der Waals surface area contributed by atoms with Crippen molar-refractivity contribution in [2.45, 2.75) is 12.5 Å². The van der Waals surface area contributed by atoms with Crippen LogP contribution in [0.15, 0.2) is 23.2 Å². The van der Waals surface area contributed by atoms with Crippen molar-refractivity contribution in [1.29, 1.82) is 0 Å². The average molecular weight is 175 g/mol. The second kappa shape index (κ2) is 3.04.